The van der Waals surface area contributed by atoms with E-state index >= 15 is 0 Å². The Bertz CT molecular complexity index is 990. The molecule has 0 saturated heterocycles. The van der Waals surface area contributed by atoms with Gasteiger partial charge in [0.05, 0.1) is 22.5 Å². The number of nitrogens with zero attached hydrogens (tertiary/aromatic N) is 1. The summed E-state index contributed by atoms with van der Waals surface area (Å²) >= 11 is 0. The quantitative estimate of drug-likeness (QED) is 0.622. The maximum Gasteiger partial charge on any atom is 0.416 e. The first-order valence-electron chi connectivity index (χ1n) is 8.36. The van der Waals surface area contributed by atoms with E-state index in [2.05, 4.69) is 5.32 Å². The fraction of sp³-hybridized carbons (Fsp3) is 0.211. The van der Waals surface area contributed by atoms with Crippen LogP contribution in [0.1, 0.15) is 22.8 Å². The van der Waals surface area contributed by atoms with Crippen LogP contribution in [-0.4, -0.2) is 30.4 Å². The molecular weight excluding hydrogens is 396 g/mol. The van der Waals surface area contributed by atoms with Crippen LogP contribution in [0.2, 0.25) is 0 Å². The lowest BCUT2D eigenvalue weighted by Gasteiger charge is -2.31. The van der Waals surface area contributed by atoms with E-state index in [1.54, 1.807) is 0 Å². The standard InChI is InChI=1S/C19H14F4N2O4/c1-10(29-18(28)12-4-2-3-5-13(12)20)17(27)25-9-16(26)24-14-8-11(19(21,22)23)6-7-15(14)25/h2-8,10H,9H2,1H3,(H,24,26)/t10-/m0/s1. The summed E-state index contributed by atoms with van der Waals surface area (Å²) in [5.41, 5.74) is -1.54. The van der Waals surface area contributed by atoms with E-state index in [4.69, 9.17) is 4.74 Å². The van der Waals surface area contributed by atoms with Crippen LogP contribution < -0.4 is 10.2 Å². The molecule has 1 N–H and O–H groups in total. The Balaban J connectivity index is 1.83. The van der Waals surface area contributed by atoms with Crippen LogP contribution in [0.5, 0.6) is 0 Å². The zero-order valence-electron chi connectivity index (χ0n) is 14.9. The second-order valence-electron chi connectivity index (χ2n) is 6.23. The van der Waals surface area contributed by atoms with Crippen LogP contribution in [0.4, 0.5) is 28.9 Å². The monoisotopic (exact) mass is 410 g/mol. The summed E-state index contributed by atoms with van der Waals surface area (Å²) in [5, 5.41) is 2.28. The highest BCUT2D eigenvalue weighted by Crippen LogP contribution is 2.37. The smallest absolute Gasteiger partial charge is 0.416 e. The summed E-state index contributed by atoms with van der Waals surface area (Å²) in [5.74, 6) is -3.47. The molecule has 0 unspecified atom stereocenters. The van der Waals surface area contributed by atoms with E-state index in [1.807, 2.05) is 0 Å². The first-order valence-corrected chi connectivity index (χ1v) is 8.36. The van der Waals surface area contributed by atoms with Crippen molar-refractivity contribution in [1.82, 2.24) is 0 Å². The number of nitrogens with one attached hydrogen (secondary N) is 1. The van der Waals surface area contributed by atoms with Gasteiger partial charge in [-0.15, -0.1) is 0 Å². The van der Waals surface area contributed by atoms with Crippen molar-refractivity contribution in [2.75, 3.05) is 16.8 Å². The van der Waals surface area contributed by atoms with E-state index in [1.165, 1.54) is 25.1 Å². The predicted octanol–water partition coefficient (Wildman–Crippen LogP) is 3.38. The van der Waals surface area contributed by atoms with Crippen molar-refractivity contribution in [1.29, 1.82) is 0 Å². The van der Waals surface area contributed by atoms with Crippen molar-refractivity contribution in [3.05, 3.63) is 59.4 Å². The van der Waals surface area contributed by atoms with Crippen molar-refractivity contribution < 1.29 is 36.7 Å². The molecule has 0 bridgehead atoms. The van der Waals surface area contributed by atoms with E-state index in [-0.39, 0.29) is 16.9 Å². The lowest BCUT2D eigenvalue weighted by Crippen LogP contribution is -2.47. The summed E-state index contributed by atoms with van der Waals surface area (Å²) in [6.45, 7) is 0.746. The molecule has 0 aromatic heterocycles. The lowest BCUT2D eigenvalue weighted by molar-refractivity contribution is -0.137. The van der Waals surface area contributed by atoms with Crippen LogP contribution >= 0.6 is 0 Å². The molecule has 3 rings (SSSR count). The molecule has 0 aliphatic carbocycles. The predicted molar refractivity (Wildman–Crippen MR) is 93.7 cm³/mol. The third kappa shape index (κ3) is 4.20. The van der Waals surface area contributed by atoms with Crippen molar-refractivity contribution in [2.24, 2.45) is 0 Å². The molecule has 1 aliphatic rings. The van der Waals surface area contributed by atoms with Gasteiger partial charge < -0.3 is 10.1 Å². The Morgan fingerprint density at radius 3 is 2.52 bits per heavy atom. The van der Waals surface area contributed by atoms with Crippen LogP contribution in [0.15, 0.2) is 42.5 Å². The van der Waals surface area contributed by atoms with E-state index in [0.717, 1.165) is 23.1 Å². The first-order chi connectivity index (χ1) is 13.6. The minimum Gasteiger partial charge on any atom is -0.449 e. The third-order valence-electron chi connectivity index (χ3n) is 4.18. The molecule has 0 spiro atoms. The number of rotatable bonds is 3. The Hall–Kier alpha value is -3.43. The van der Waals surface area contributed by atoms with Crippen molar-refractivity contribution in [3.63, 3.8) is 0 Å². The second kappa shape index (κ2) is 7.53. The molecule has 1 atom stereocenters. The van der Waals surface area contributed by atoms with Crippen molar-refractivity contribution in [3.8, 4) is 0 Å². The maximum atomic E-state index is 13.7. The molecular formula is C19H14F4N2O4. The van der Waals surface area contributed by atoms with Crippen LogP contribution in [0, 0.1) is 5.82 Å². The maximum absolute atomic E-state index is 13.7. The largest absolute Gasteiger partial charge is 0.449 e. The number of carbonyl (C=O) groups excluding carboxylic acids is 3. The van der Waals surface area contributed by atoms with Gasteiger partial charge in [-0.05, 0) is 37.3 Å². The van der Waals surface area contributed by atoms with Gasteiger partial charge in [0.15, 0.2) is 6.10 Å². The molecule has 2 aromatic carbocycles. The number of halogens is 4. The van der Waals surface area contributed by atoms with Gasteiger partial charge in [0, 0.05) is 0 Å². The zero-order valence-corrected chi connectivity index (χ0v) is 14.9. The molecule has 0 saturated carbocycles. The summed E-state index contributed by atoms with van der Waals surface area (Å²) in [4.78, 5) is 37.6. The first kappa shape index (κ1) is 20.3. The van der Waals surface area contributed by atoms with Gasteiger partial charge in [-0.1, -0.05) is 12.1 Å². The number of anilines is 2. The number of benzene rings is 2. The van der Waals surface area contributed by atoms with Crippen LogP contribution in [-0.2, 0) is 20.5 Å². The number of alkyl halides is 3. The number of carbonyl (C=O) groups is 3. The van der Waals surface area contributed by atoms with Gasteiger partial charge in [-0.25, -0.2) is 9.18 Å². The normalized spacial score (nSPS) is 14.7. The number of fused-ring (bicyclic) bond motifs is 1. The van der Waals surface area contributed by atoms with Gasteiger partial charge in [0.1, 0.15) is 12.4 Å². The van der Waals surface area contributed by atoms with Gasteiger partial charge >= 0.3 is 12.1 Å². The zero-order chi connectivity index (χ0) is 21.3. The van der Waals surface area contributed by atoms with Gasteiger partial charge in [0.2, 0.25) is 5.91 Å². The summed E-state index contributed by atoms with van der Waals surface area (Å²) in [7, 11) is 0. The topological polar surface area (TPSA) is 75.7 Å². The van der Waals surface area contributed by atoms with E-state index in [9.17, 15) is 31.9 Å². The van der Waals surface area contributed by atoms with E-state index in [0.29, 0.717) is 6.07 Å². The van der Waals surface area contributed by atoms with Gasteiger partial charge in [-0.2, -0.15) is 13.2 Å². The minimum absolute atomic E-state index is 0.0244. The minimum atomic E-state index is -4.63. The molecule has 29 heavy (non-hydrogen) atoms. The lowest BCUT2D eigenvalue weighted by atomic mass is 10.1. The Morgan fingerprint density at radius 1 is 1.17 bits per heavy atom. The molecule has 1 heterocycles. The summed E-state index contributed by atoms with van der Waals surface area (Å²) in [6, 6.07) is 7.54. The van der Waals surface area contributed by atoms with Crippen molar-refractivity contribution >= 4 is 29.2 Å². The average Bonchev–Trinajstić information content (AvgIpc) is 2.65. The van der Waals surface area contributed by atoms with E-state index < -0.39 is 48.0 Å². The number of esters is 1. The Labute approximate surface area is 162 Å². The Morgan fingerprint density at radius 2 is 1.86 bits per heavy atom. The molecule has 0 radical (unpaired) electrons. The molecule has 2 amide bonds. The van der Waals surface area contributed by atoms with Gasteiger partial charge in [-0.3, -0.25) is 14.5 Å². The van der Waals surface area contributed by atoms with Crippen LogP contribution in [0.3, 0.4) is 0 Å². The number of hydrogen-bond donors (Lipinski definition) is 1. The molecule has 6 nitrogen and oxygen atoms in total. The second-order valence-corrected chi connectivity index (χ2v) is 6.23. The number of hydrogen-bond acceptors (Lipinski definition) is 4. The molecule has 152 valence electrons. The molecule has 10 heteroatoms. The molecule has 0 fully saturated rings. The molecule has 1 aliphatic heterocycles. The average molecular weight is 410 g/mol. The number of amides is 2. The SMILES string of the molecule is C[C@H](OC(=O)c1ccccc1F)C(=O)N1CC(=O)Nc2cc(C(F)(F)F)ccc21. The fourth-order valence-electron chi connectivity index (χ4n) is 2.78. The van der Waals surface area contributed by atoms with Crippen LogP contribution in [0.25, 0.3) is 0 Å². The van der Waals surface area contributed by atoms with Gasteiger partial charge in [0.25, 0.3) is 5.91 Å². The summed E-state index contributed by atoms with van der Waals surface area (Å²) < 4.78 is 57.4. The highest BCUT2D eigenvalue weighted by molar-refractivity contribution is 6.11. The summed E-state index contributed by atoms with van der Waals surface area (Å²) in [6.07, 6.45) is -6.04. The highest BCUT2D eigenvalue weighted by atomic mass is 19.4. The fourth-order valence-corrected chi connectivity index (χ4v) is 2.78. The third-order valence-corrected chi connectivity index (χ3v) is 4.18. The van der Waals surface area contributed by atoms with Crippen molar-refractivity contribution in [2.45, 2.75) is 19.2 Å². The highest BCUT2D eigenvalue weighted by Gasteiger charge is 2.35. The molecule has 2 aromatic rings. The Kier molecular flexibility index (Phi) is 5.27. The number of ether oxygens (including phenoxy) is 1.